The molecule has 0 spiro atoms. The standard InChI is InChI=1S/C24H37N3O3.C19H30N2O/c1-3-10-27(22-6-4-19-5-7-23(29-2)18-20(19)17-22)21-8-11-25(12-9-21)24(28)26-13-15-30-16-14-26;1-3-12-21(17-8-10-20-11-9-17)18-6-4-15-5-7-19(22-2)14-16(15)13-18/h5,7,18,21-22H,3-4,6,8-17H2,1-2H3;5,7,14,17-18,20H,3-4,6,8-13H2,1-2H3. The number of nitrogens with zero attached hydrogens (tertiary/aromatic N) is 4. The van der Waals surface area contributed by atoms with Gasteiger partial charge in [-0.1, -0.05) is 26.0 Å². The Labute approximate surface area is 314 Å². The average molecular weight is 718 g/mol. The van der Waals surface area contributed by atoms with Gasteiger partial charge >= 0.3 is 6.03 Å². The first-order valence-electron chi connectivity index (χ1n) is 20.7. The number of rotatable bonds is 10. The van der Waals surface area contributed by atoms with Crippen LogP contribution in [0.5, 0.6) is 11.5 Å². The topological polar surface area (TPSA) is 69.8 Å². The van der Waals surface area contributed by atoms with E-state index >= 15 is 0 Å². The molecule has 0 saturated carbocycles. The zero-order valence-corrected chi connectivity index (χ0v) is 32.8. The molecule has 9 nitrogen and oxygen atoms in total. The highest BCUT2D eigenvalue weighted by Crippen LogP contribution is 2.32. The van der Waals surface area contributed by atoms with E-state index in [0.29, 0.717) is 31.3 Å². The molecular weight excluding hydrogens is 651 g/mol. The zero-order chi connectivity index (χ0) is 36.3. The van der Waals surface area contributed by atoms with Crippen LogP contribution in [0.4, 0.5) is 4.79 Å². The Morgan fingerprint density at radius 2 is 1.15 bits per heavy atom. The van der Waals surface area contributed by atoms with Crippen molar-refractivity contribution in [3.05, 3.63) is 58.7 Å². The maximum atomic E-state index is 12.8. The first-order chi connectivity index (χ1) is 25.5. The number of hydrogen-bond donors (Lipinski definition) is 1. The van der Waals surface area contributed by atoms with Gasteiger partial charge in [-0.25, -0.2) is 4.79 Å². The summed E-state index contributed by atoms with van der Waals surface area (Å²) < 4.78 is 16.3. The van der Waals surface area contributed by atoms with Crippen molar-refractivity contribution in [2.75, 3.05) is 79.8 Å². The zero-order valence-electron chi connectivity index (χ0n) is 32.8. The van der Waals surface area contributed by atoms with Crippen molar-refractivity contribution in [2.45, 2.75) is 115 Å². The highest BCUT2D eigenvalue weighted by Gasteiger charge is 2.34. The number of likely N-dealkylation sites (tertiary alicyclic amines) is 1. The van der Waals surface area contributed by atoms with E-state index in [0.717, 1.165) is 75.9 Å². The Hall–Kier alpha value is -2.85. The fourth-order valence-corrected chi connectivity index (χ4v) is 9.57. The molecule has 3 heterocycles. The highest BCUT2D eigenvalue weighted by atomic mass is 16.5. The van der Waals surface area contributed by atoms with E-state index in [-0.39, 0.29) is 6.03 Å². The molecule has 288 valence electrons. The van der Waals surface area contributed by atoms with Crippen molar-refractivity contribution in [2.24, 2.45) is 0 Å². The largest absolute Gasteiger partial charge is 0.497 e. The number of carbonyl (C=O) groups excluding carboxylic acids is 1. The average Bonchev–Trinajstić information content (AvgIpc) is 3.21. The van der Waals surface area contributed by atoms with E-state index in [4.69, 9.17) is 14.2 Å². The number of nitrogens with one attached hydrogen (secondary N) is 1. The van der Waals surface area contributed by atoms with Crippen LogP contribution in [0, 0.1) is 0 Å². The highest BCUT2D eigenvalue weighted by molar-refractivity contribution is 5.74. The molecule has 0 bridgehead atoms. The maximum absolute atomic E-state index is 12.8. The molecule has 5 aliphatic rings. The van der Waals surface area contributed by atoms with Crippen molar-refractivity contribution in [3.8, 4) is 11.5 Å². The predicted molar refractivity (Wildman–Crippen MR) is 210 cm³/mol. The van der Waals surface area contributed by atoms with E-state index in [1.165, 1.54) is 93.3 Å². The molecule has 2 amide bonds. The summed E-state index contributed by atoms with van der Waals surface area (Å²) in [6, 6.07) is 16.1. The maximum Gasteiger partial charge on any atom is 0.320 e. The molecule has 2 aromatic rings. The lowest BCUT2D eigenvalue weighted by Gasteiger charge is -2.44. The Bertz CT molecular complexity index is 1400. The second-order valence-electron chi connectivity index (χ2n) is 15.6. The molecule has 3 saturated heterocycles. The summed E-state index contributed by atoms with van der Waals surface area (Å²) in [6.45, 7) is 13.9. The van der Waals surface area contributed by atoms with Crippen LogP contribution in [0.3, 0.4) is 0 Å². The SMILES string of the molecule is CCCN(C1CCN(C(=O)N2CCOCC2)CC1)C1CCc2ccc(OC)cc2C1.CCCN(C1CCNCC1)C1CCc2ccc(OC)cc2C1. The number of hydrogen-bond acceptors (Lipinski definition) is 7. The second-order valence-corrected chi connectivity index (χ2v) is 15.6. The summed E-state index contributed by atoms with van der Waals surface area (Å²) >= 11 is 0. The molecule has 2 atom stereocenters. The number of carbonyl (C=O) groups is 1. The van der Waals surface area contributed by atoms with Gasteiger partial charge in [-0.15, -0.1) is 0 Å². The van der Waals surface area contributed by atoms with Crippen LogP contribution in [-0.4, -0.2) is 130 Å². The van der Waals surface area contributed by atoms with Crippen molar-refractivity contribution >= 4 is 6.03 Å². The minimum atomic E-state index is 0.206. The van der Waals surface area contributed by atoms with Crippen LogP contribution >= 0.6 is 0 Å². The number of benzene rings is 2. The van der Waals surface area contributed by atoms with E-state index < -0.39 is 0 Å². The van der Waals surface area contributed by atoms with Gasteiger partial charge in [-0.2, -0.15) is 0 Å². The molecular formula is C43H67N5O4. The molecule has 0 radical (unpaired) electrons. The van der Waals surface area contributed by atoms with Crippen LogP contribution in [0.15, 0.2) is 36.4 Å². The number of piperidine rings is 2. The molecule has 9 heteroatoms. The third-order valence-electron chi connectivity index (χ3n) is 12.4. The van der Waals surface area contributed by atoms with Crippen LogP contribution < -0.4 is 14.8 Å². The van der Waals surface area contributed by atoms with Crippen molar-refractivity contribution < 1.29 is 19.0 Å². The van der Waals surface area contributed by atoms with E-state index in [2.05, 4.69) is 70.3 Å². The quantitative estimate of drug-likeness (QED) is 0.314. The van der Waals surface area contributed by atoms with Gasteiger partial charge in [0.2, 0.25) is 0 Å². The lowest BCUT2D eigenvalue weighted by atomic mass is 9.86. The lowest BCUT2D eigenvalue weighted by molar-refractivity contribution is 0.0330. The van der Waals surface area contributed by atoms with Gasteiger partial charge in [0, 0.05) is 50.3 Å². The Kier molecular flexibility index (Phi) is 14.5. The summed E-state index contributed by atoms with van der Waals surface area (Å²) in [7, 11) is 3.51. The molecule has 2 aliphatic carbocycles. The van der Waals surface area contributed by atoms with Gasteiger partial charge in [-0.3, -0.25) is 9.80 Å². The van der Waals surface area contributed by atoms with Gasteiger partial charge in [0.15, 0.2) is 0 Å². The first-order valence-corrected chi connectivity index (χ1v) is 20.7. The molecule has 1 N–H and O–H groups in total. The van der Waals surface area contributed by atoms with Gasteiger partial charge in [0.1, 0.15) is 11.5 Å². The minimum absolute atomic E-state index is 0.206. The third-order valence-corrected chi connectivity index (χ3v) is 12.4. The van der Waals surface area contributed by atoms with Crippen LogP contribution in [0.1, 0.15) is 87.5 Å². The number of ether oxygens (including phenoxy) is 3. The van der Waals surface area contributed by atoms with Gasteiger partial charge < -0.3 is 29.3 Å². The monoisotopic (exact) mass is 718 g/mol. The molecule has 7 rings (SSSR count). The van der Waals surface area contributed by atoms with Crippen molar-refractivity contribution in [1.29, 1.82) is 0 Å². The van der Waals surface area contributed by atoms with E-state index in [1.807, 2.05) is 4.90 Å². The van der Waals surface area contributed by atoms with E-state index in [1.54, 1.807) is 14.2 Å². The summed E-state index contributed by atoms with van der Waals surface area (Å²) in [6.07, 6.45) is 14.4. The fraction of sp³-hybridized carbons (Fsp3) is 0.698. The summed E-state index contributed by atoms with van der Waals surface area (Å²) in [5.74, 6) is 1.97. The smallest absolute Gasteiger partial charge is 0.320 e. The molecule has 52 heavy (non-hydrogen) atoms. The molecule has 0 aromatic heterocycles. The summed E-state index contributed by atoms with van der Waals surface area (Å²) in [4.78, 5) is 22.4. The molecule has 2 unspecified atom stereocenters. The Balaban J connectivity index is 0.000000187. The van der Waals surface area contributed by atoms with Crippen LogP contribution in [0.25, 0.3) is 0 Å². The van der Waals surface area contributed by atoms with Gasteiger partial charge in [-0.05, 0) is 150 Å². The number of amides is 2. The molecule has 3 fully saturated rings. The Morgan fingerprint density at radius 3 is 1.63 bits per heavy atom. The normalized spacial score (nSPS) is 22.7. The van der Waals surface area contributed by atoms with Crippen molar-refractivity contribution in [1.82, 2.24) is 24.9 Å². The van der Waals surface area contributed by atoms with Crippen LogP contribution in [0.2, 0.25) is 0 Å². The number of aryl methyl sites for hydroxylation is 2. The summed E-state index contributed by atoms with van der Waals surface area (Å²) in [5.41, 5.74) is 5.96. The molecule has 2 aromatic carbocycles. The minimum Gasteiger partial charge on any atom is -0.497 e. The van der Waals surface area contributed by atoms with Crippen molar-refractivity contribution in [3.63, 3.8) is 0 Å². The molecule has 3 aliphatic heterocycles. The first kappa shape index (κ1) is 38.9. The fourth-order valence-electron chi connectivity index (χ4n) is 9.57. The third kappa shape index (κ3) is 9.82. The second kappa shape index (κ2) is 19.5. The number of fused-ring (bicyclic) bond motifs is 2. The lowest BCUT2D eigenvalue weighted by Crippen LogP contribution is -2.54. The summed E-state index contributed by atoms with van der Waals surface area (Å²) in [5, 5.41) is 3.50. The predicted octanol–water partition coefficient (Wildman–Crippen LogP) is 6.20. The number of methoxy groups -OCH3 is 2. The number of urea groups is 1. The Morgan fingerprint density at radius 1 is 0.673 bits per heavy atom. The van der Waals surface area contributed by atoms with E-state index in [9.17, 15) is 4.79 Å². The van der Waals surface area contributed by atoms with Crippen LogP contribution in [-0.2, 0) is 30.4 Å². The number of morpholine rings is 1. The van der Waals surface area contributed by atoms with Gasteiger partial charge in [0.25, 0.3) is 0 Å². The van der Waals surface area contributed by atoms with Gasteiger partial charge in [0.05, 0.1) is 27.4 Å².